The first-order valence-corrected chi connectivity index (χ1v) is 8.58. The Bertz CT molecular complexity index is 876. The maximum Gasteiger partial charge on any atom is 0.258 e. The van der Waals surface area contributed by atoms with Crippen molar-refractivity contribution in [3.63, 3.8) is 0 Å². The van der Waals surface area contributed by atoms with Gasteiger partial charge in [0.2, 0.25) is 0 Å². The van der Waals surface area contributed by atoms with E-state index in [1.807, 2.05) is 6.92 Å². The highest BCUT2D eigenvalue weighted by Gasteiger charge is 2.10. The lowest BCUT2D eigenvalue weighted by atomic mass is 10.1. The van der Waals surface area contributed by atoms with Gasteiger partial charge in [-0.3, -0.25) is 19.0 Å². The van der Waals surface area contributed by atoms with Gasteiger partial charge in [0, 0.05) is 30.4 Å². The van der Waals surface area contributed by atoms with E-state index in [0.717, 1.165) is 5.69 Å². The highest BCUT2D eigenvalue weighted by Crippen LogP contribution is 2.28. The van der Waals surface area contributed by atoms with E-state index in [9.17, 15) is 14.4 Å². The molecule has 0 unspecified atom stereocenters. The van der Waals surface area contributed by atoms with Crippen molar-refractivity contribution in [3.05, 3.63) is 52.2 Å². The number of Topliss-reactive ketones (excluding diaryl/α,β-unsaturated/α-hetero) is 1. The molecule has 0 fully saturated rings. The number of methoxy groups -OCH3 is 1. The fourth-order valence-corrected chi connectivity index (χ4v) is 2.34. The average molecular weight is 373 g/mol. The number of carbonyl (C=O) groups is 2. The van der Waals surface area contributed by atoms with Crippen LogP contribution in [-0.4, -0.2) is 41.5 Å². The van der Waals surface area contributed by atoms with Crippen molar-refractivity contribution in [2.45, 2.75) is 26.8 Å². The third kappa shape index (κ3) is 5.67. The maximum atomic E-state index is 11.9. The summed E-state index contributed by atoms with van der Waals surface area (Å²) in [6.45, 7) is 3.76. The zero-order chi connectivity index (χ0) is 19.8. The van der Waals surface area contributed by atoms with Gasteiger partial charge in [-0.05, 0) is 31.5 Å². The fourth-order valence-electron chi connectivity index (χ4n) is 2.34. The predicted octanol–water partition coefficient (Wildman–Crippen LogP) is 1.21. The topological polar surface area (TPSA) is 99.5 Å². The second-order valence-corrected chi connectivity index (χ2v) is 5.83. The van der Waals surface area contributed by atoms with Crippen molar-refractivity contribution in [2.24, 2.45) is 0 Å². The standard InChI is InChI=1S/C19H23N3O5/c1-4-15-10-19(25)22(12-21-15)8-7-20-18(24)11-27-16-6-5-14(13(2)23)9-17(16)26-3/h5-6,9-10,12H,4,7-8,11H2,1-3H3,(H,20,24). The van der Waals surface area contributed by atoms with E-state index < -0.39 is 0 Å². The number of hydrogen-bond donors (Lipinski definition) is 1. The highest BCUT2D eigenvalue weighted by atomic mass is 16.5. The van der Waals surface area contributed by atoms with E-state index in [0.29, 0.717) is 30.0 Å². The van der Waals surface area contributed by atoms with E-state index in [2.05, 4.69) is 10.3 Å². The van der Waals surface area contributed by atoms with Crippen molar-refractivity contribution in [1.82, 2.24) is 14.9 Å². The Morgan fingerprint density at radius 1 is 1.22 bits per heavy atom. The minimum Gasteiger partial charge on any atom is -0.493 e. The number of rotatable bonds is 9. The van der Waals surface area contributed by atoms with Gasteiger partial charge in [0.15, 0.2) is 23.9 Å². The number of aromatic nitrogens is 2. The summed E-state index contributed by atoms with van der Waals surface area (Å²) in [6, 6.07) is 6.25. The first kappa shape index (κ1) is 20.2. The molecule has 0 bridgehead atoms. The zero-order valence-corrected chi connectivity index (χ0v) is 15.7. The molecule has 1 aromatic heterocycles. The van der Waals surface area contributed by atoms with Gasteiger partial charge in [-0.1, -0.05) is 6.92 Å². The molecule has 0 atom stereocenters. The van der Waals surface area contributed by atoms with E-state index in [1.165, 1.54) is 31.0 Å². The quantitative estimate of drug-likeness (QED) is 0.664. The molecule has 8 heteroatoms. The van der Waals surface area contributed by atoms with Crippen LogP contribution in [-0.2, 0) is 17.8 Å². The zero-order valence-electron chi connectivity index (χ0n) is 15.7. The Labute approximate surface area is 157 Å². The molecule has 0 radical (unpaired) electrons. The molecular weight excluding hydrogens is 350 g/mol. The normalized spacial score (nSPS) is 10.3. The lowest BCUT2D eigenvalue weighted by Crippen LogP contribution is -2.33. The minimum absolute atomic E-state index is 0.0886. The van der Waals surface area contributed by atoms with Crippen molar-refractivity contribution >= 4 is 11.7 Å². The van der Waals surface area contributed by atoms with Crippen molar-refractivity contribution < 1.29 is 19.1 Å². The van der Waals surface area contributed by atoms with Crippen LogP contribution < -0.4 is 20.3 Å². The molecule has 0 aliphatic heterocycles. The number of ketones is 1. The van der Waals surface area contributed by atoms with Crippen LogP contribution in [0.15, 0.2) is 35.4 Å². The summed E-state index contributed by atoms with van der Waals surface area (Å²) in [5, 5.41) is 2.68. The molecule has 1 N–H and O–H groups in total. The molecule has 2 rings (SSSR count). The van der Waals surface area contributed by atoms with Crippen LogP contribution in [0.3, 0.4) is 0 Å². The number of ether oxygens (including phenoxy) is 2. The molecule has 1 amide bonds. The van der Waals surface area contributed by atoms with Gasteiger partial charge in [-0.25, -0.2) is 4.98 Å². The van der Waals surface area contributed by atoms with Crippen LogP contribution in [0.25, 0.3) is 0 Å². The monoisotopic (exact) mass is 373 g/mol. The summed E-state index contributed by atoms with van der Waals surface area (Å²) < 4.78 is 12.1. The molecule has 0 saturated heterocycles. The highest BCUT2D eigenvalue weighted by molar-refractivity contribution is 5.94. The average Bonchev–Trinajstić information content (AvgIpc) is 2.67. The largest absolute Gasteiger partial charge is 0.493 e. The SMILES string of the molecule is CCc1cc(=O)n(CCNC(=O)COc2ccc(C(C)=O)cc2OC)cn1. The number of amides is 1. The molecular formula is C19H23N3O5. The maximum absolute atomic E-state index is 11.9. The van der Waals surface area contributed by atoms with Crippen molar-refractivity contribution in [3.8, 4) is 11.5 Å². The molecule has 27 heavy (non-hydrogen) atoms. The number of aryl methyl sites for hydroxylation is 1. The number of benzene rings is 1. The van der Waals surface area contributed by atoms with Crippen LogP contribution in [0.1, 0.15) is 29.9 Å². The second kappa shape index (κ2) is 9.51. The second-order valence-electron chi connectivity index (χ2n) is 5.83. The fraction of sp³-hybridized carbons (Fsp3) is 0.368. The van der Waals surface area contributed by atoms with Crippen LogP contribution in [0, 0.1) is 0 Å². The molecule has 1 aromatic carbocycles. The summed E-state index contributed by atoms with van der Waals surface area (Å²) in [7, 11) is 1.46. The summed E-state index contributed by atoms with van der Waals surface area (Å²) in [5.41, 5.74) is 1.08. The van der Waals surface area contributed by atoms with Gasteiger partial charge in [-0.15, -0.1) is 0 Å². The molecule has 0 aliphatic rings. The van der Waals surface area contributed by atoms with E-state index in [-0.39, 0.29) is 30.4 Å². The predicted molar refractivity (Wildman–Crippen MR) is 99.4 cm³/mol. The minimum atomic E-state index is -0.334. The van der Waals surface area contributed by atoms with Crippen LogP contribution in [0.5, 0.6) is 11.5 Å². The van der Waals surface area contributed by atoms with Gasteiger partial charge >= 0.3 is 0 Å². The molecule has 1 heterocycles. The summed E-state index contributed by atoms with van der Waals surface area (Å²) in [4.78, 5) is 39.4. The Balaban J connectivity index is 1.84. The molecule has 2 aromatic rings. The number of hydrogen-bond acceptors (Lipinski definition) is 6. The van der Waals surface area contributed by atoms with Gasteiger partial charge in [0.05, 0.1) is 13.4 Å². The number of nitrogens with zero attached hydrogens (tertiary/aromatic N) is 2. The Kier molecular flexibility index (Phi) is 7.10. The number of nitrogens with one attached hydrogen (secondary N) is 1. The van der Waals surface area contributed by atoms with E-state index >= 15 is 0 Å². The van der Waals surface area contributed by atoms with E-state index in [4.69, 9.17) is 9.47 Å². The number of carbonyl (C=O) groups excluding carboxylic acids is 2. The van der Waals surface area contributed by atoms with Crippen molar-refractivity contribution in [2.75, 3.05) is 20.3 Å². The van der Waals surface area contributed by atoms with Crippen molar-refractivity contribution in [1.29, 1.82) is 0 Å². The van der Waals surface area contributed by atoms with Gasteiger partial charge in [0.1, 0.15) is 0 Å². The Morgan fingerprint density at radius 3 is 2.63 bits per heavy atom. The van der Waals surface area contributed by atoms with Gasteiger partial charge in [0.25, 0.3) is 11.5 Å². The third-order valence-electron chi connectivity index (χ3n) is 3.90. The Hall–Kier alpha value is -3.16. The summed E-state index contributed by atoms with van der Waals surface area (Å²) >= 11 is 0. The Morgan fingerprint density at radius 2 is 2.00 bits per heavy atom. The first-order valence-electron chi connectivity index (χ1n) is 8.58. The first-order chi connectivity index (χ1) is 12.9. The third-order valence-corrected chi connectivity index (χ3v) is 3.90. The molecule has 0 spiro atoms. The van der Waals surface area contributed by atoms with Crippen LogP contribution >= 0.6 is 0 Å². The van der Waals surface area contributed by atoms with Gasteiger partial charge in [-0.2, -0.15) is 0 Å². The molecule has 8 nitrogen and oxygen atoms in total. The van der Waals surface area contributed by atoms with E-state index in [1.54, 1.807) is 18.2 Å². The lowest BCUT2D eigenvalue weighted by molar-refractivity contribution is -0.123. The summed E-state index contributed by atoms with van der Waals surface area (Å²) in [6.07, 6.45) is 2.17. The molecule has 0 saturated carbocycles. The van der Waals surface area contributed by atoms with Gasteiger partial charge < -0.3 is 14.8 Å². The molecule has 0 aliphatic carbocycles. The van der Waals surface area contributed by atoms with Crippen LogP contribution in [0.2, 0.25) is 0 Å². The molecule has 144 valence electrons. The lowest BCUT2D eigenvalue weighted by Gasteiger charge is -2.12. The smallest absolute Gasteiger partial charge is 0.258 e. The summed E-state index contributed by atoms with van der Waals surface area (Å²) in [5.74, 6) is 0.325. The van der Waals surface area contributed by atoms with Crippen LogP contribution in [0.4, 0.5) is 0 Å².